The summed E-state index contributed by atoms with van der Waals surface area (Å²) in [5, 5.41) is 8.76. The van der Waals surface area contributed by atoms with E-state index in [1.165, 1.54) is 31.5 Å². The highest BCUT2D eigenvalue weighted by Gasteiger charge is 2.15. The quantitative estimate of drug-likeness (QED) is 0.828. The SMILES string of the molecule is COc1cc(C(=O)c2c[nH]c(C(=O)O)c2)ccc1F. The minimum atomic E-state index is -1.16. The van der Waals surface area contributed by atoms with Gasteiger partial charge in [-0.3, -0.25) is 4.79 Å². The van der Waals surface area contributed by atoms with E-state index in [0.29, 0.717) is 0 Å². The van der Waals surface area contributed by atoms with Crippen molar-refractivity contribution in [1.29, 1.82) is 0 Å². The second-order valence-electron chi connectivity index (χ2n) is 3.79. The molecule has 0 unspecified atom stereocenters. The summed E-state index contributed by atoms with van der Waals surface area (Å²) < 4.78 is 18.0. The van der Waals surface area contributed by atoms with E-state index in [9.17, 15) is 14.0 Å². The number of nitrogens with one attached hydrogen (secondary N) is 1. The number of carboxylic acid groups (broad SMARTS) is 1. The van der Waals surface area contributed by atoms with E-state index in [2.05, 4.69) is 4.98 Å². The molecule has 98 valence electrons. The number of H-pyrrole nitrogens is 1. The Morgan fingerprint density at radius 2 is 2.00 bits per heavy atom. The van der Waals surface area contributed by atoms with Gasteiger partial charge < -0.3 is 14.8 Å². The van der Waals surface area contributed by atoms with Crippen LogP contribution in [0.4, 0.5) is 4.39 Å². The molecule has 2 N–H and O–H groups in total. The smallest absolute Gasteiger partial charge is 0.352 e. The van der Waals surface area contributed by atoms with Gasteiger partial charge in [0.2, 0.25) is 0 Å². The van der Waals surface area contributed by atoms with Gasteiger partial charge in [0, 0.05) is 17.3 Å². The number of halogens is 1. The Hall–Kier alpha value is -2.63. The van der Waals surface area contributed by atoms with Crippen molar-refractivity contribution in [1.82, 2.24) is 4.98 Å². The Labute approximate surface area is 107 Å². The van der Waals surface area contributed by atoms with Crippen molar-refractivity contribution >= 4 is 11.8 Å². The van der Waals surface area contributed by atoms with E-state index in [-0.39, 0.29) is 22.6 Å². The van der Waals surface area contributed by atoms with Crippen LogP contribution in [0.2, 0.25) is 0 Å². The topological polar surface area (TPSA) is 79.4 Å². The minimum Gasteiger partial charge on any atom is -0.494 e. The largest absolute Gasteiger partial charge is 0.494 e. The molecule has 1 aromatic carbocycles. The Morgan fingerprint density at radius 1 is 1.26 bits per heavy atom. The van der Waals surface area contributed by atoms with Crippen LogP contribution in [0.25, 0.3) is 0 Å². The molecule has 0 bridgehead atoms. The highest BCUT2D eigenvalue weighted by Crippen LogP contribution is 2.20. The molecule has 19 heavy (non-hydrogen) atoms. The maximum Gasteiger partial charge on any atom is 0.352 e. The second-order valence-corrected chi connectivity index (χ2v) is 3.79. The van der Waals surface area contributed by atoms with Crippen LogP contribution < -0.4 is 4.74 Å². The summed E-state index contributed by atoms with van der Waals surface area (Å²) in [5.74, 6) is -2.18. The monoisotopic (exact) mass is 263 g/mol. The molecule has 2 aromatic rings. The number of hydrogen-bond donors (Lipinski definition) is 2. The molecule has 1 heterocycles. The first-order valence-corrected chi connectivity index (χ1v) is 5.33. The molecule has 2 rings (SSSR count). The van der Waals surface area contributed by atoms with E-state index in [1.807, 2.05) is 0 Å². The summed E-state index contributed by atoms with van der Waals surface area (Å²) >= 11 is 0. The van der Waals surface area contributed by atoms with Gasteiger partial charge in [-0.1, -0.05) is 0 Å². The van der Waals surface area contributed by atoms with Crippen LogP contribution in [-0.4, -0.2) is 29.0 Å². The lowest BCUT2D eigenvalue weighted by Crippen LogP contribution is -2.01. The van der Waals surface area contributed by atoms with Crippen LogP contribution in [0.3, 0.4) is 0 Å². The molecule has 0 saturated heterocycles. The fourth-order valence-corrected chi connectivity index (χ4v) is 1.62. The Bertz CT molecular complexity index is 648. The van der Waals surface area contributed by atoms with E-state index < -0.39 is 17.6 Å². The van der Waals surface area contributed by atoms with E-state index in [1.54, 1.807) is 0 Å². The summed E-state index contributed by atoms with van der Waals surface area (Å²) in [5.41, 5.74) is 0.317. The van der Waals surface area contributed by atoms with Crippen molar-refractivity contribution in [3.05, 3.63) is 53.1 Å². The maximum atomic E-state index is 13.2. The van der Waals surface area contributed by atoms with Crippen molar-refractivity contribution in [2.24, 2.45) is 0 Å². The Morgan fingerprint density at radius 3 is 2.58 bits per heavy atom. The first-order valence-electron chi connectivity index (χ1n) is 5.33. The zero-order valence-corrected chi connectivity index (χ0v) is 9.94. The van der Waals surface area contributed by atoms with Gasteiger partial charge in [0.15, 0.2) is 17.3 Å². The number of aromatic carboxylic acids is 1. The van der Waals surface area contributed by atoms with Crippen LogP contribution in [0.15, 0.2) is 30.5 Å². The van der Waals surface area contributed by atoms with Crippen LogP contribution >= 0.6 is 0 Å². The lowest BCUT2D eigenvalue weighted by molar-refractivity contribution is 0.0691. The molecule has 0 aliphatic heterocycles. The number of ketones is 1. The summed E-state index contributed by atoms with van der Waals surface area (Å²) in [4.78, 5) is 25.2. The fraction of sp³-hybridized carbons (Fsp3) is 0.0769. The van der Waals surface area contributed by atoms with Crippen LogP contribution in [0.5, 0.6) is 5.75 Å². The van der Waals surface area contributed by atoms with Crippen molar-refractivity contribution in [3.8, 4) is 5.75 Å². The predicted molar refractivity (Wildman–Crippen MR) is 64.1 cm³/mol. The van der Waals surface area contributed by atoms with Gasteiger partial charge in [0.05, 0.1) is 7.11 Å². The third-order valence-corrected chi connectivity index (χ3v) is 2.59. The van der Waals surface area contributed by atoms with Crippen LogP contribution in [0, 0.1) is 5.82 Å². The molecule has 0 radical (unpaired) electrons. The molecule has 0 aliphatic rings. The highest BCUT2D eigenvalue weighted by atomic mass is 19.1. The van der Waals surface area contributed by atoms with Gasteiger partial charge in [-0.05, 0) is 24.3 Å². The molecule has 0 spiro atoms. The van der Waals surface area contributed by atoms with Gasteiger partial charge in [-0.25, -0.2) is 9.18 Å². The number of aromatic nitrogens is 1. The summed E-state index contributed by atoms with van der Waals surface area (Å²) in [7, 11) is 1.30. The average Bonchev–Trinajstić information content (AvgIpc) is 2.88. The van der Waals surface area contributed by atoms with Gasteiger partial charge in [-0.2, -0.15) is 0 Å². The van der Waals surface area contributed by atoms with E-state index >= 15 is 0 Å². The zero-order valence-electron chi connectivity index (χ0n) is 9.94. The van der Waals surface area contributed by atoms with Crippen molar-refractivity contribution in [3.63, 3.8) is 0 Å². The van der Waals surface area contributed by atoms with Crippen molar-refractivity contribution < 1.29 is 23.8 Å². The summed E-state index contributed by atoms with van der Waals surface area (Å²) in [6.07, 6.45) is 1.29. The van der Waals surface area contributed by atoms with Gasteiger partial charge in [0.1, 0.15) is 5.69 Å². The van der Waals surface area contributed by atoms with Gasteiger partial charge >= 0.3 is 5.97 Å². The van der Waals surface area contributed by atoms with E-state index in [4.69, 9.17) is 9.84 Å². The molecular weight excluding hydrogens is 253 g/mol. The third-order valence-electron chi connectivity index (χ3n) is 2.59. The number of hydrogen-bond acceptors (Lipinski definition) is 3. The lowest BCUT2D eigenvalue weighted by atomic mass is 10.1. The summed E-state index contributed by atoms with van der Waals surface area (Å²) in [6, 6.07) is 4.93. The highest BCUT2D eigenvalue weighted by molar-refractivity contribution is 6.10. The molecule has 0 saturated carbocycles. The second kappa shape index (κ2) is 4.93. The molecule has 5 nitrogen and oxygen atoms in total. The number of carbonyl (C=O) groups is 2. The lowest BCUT2D eigenvalue weighted by Gasteiger charge is -2.04. The van der Waals surface area contributed by atoms with Crippen molar-refractivity contribution in [2.75, 3.05) is 7.11 Å². The molecule has 0 aliphatic carbocycles. The van der Waals surface area contributed by atoms with Crippen LogP contribution in [0.1, 0.15) is 26.4 Å². The molecule has 0 atom stereocenters. The van der Waals surface area contributed by atoms with Crippen molar-refractivity contribution in [2.45, 2.75) is 0 Å². The number of aromatic amines is 1. The average molecular weight is 263 g/mol. The molecule has 0 amide bonds. The zero-order chi connectivity index (χ0) is 14.0. The van der Waals surface area contributed by atoms with E-state index in [0.717, 1.165) is 6.07 Å². The number of carboxylic acids is 1. The Balaban J connectivity index is 2.35. The first-order chi connectivity index (χ1) is 9.02. The van der Waals surface area contributed by atoms with Crippen LogP contribution in [-0.2, 0) is 0 Å². The Kier molecular flexibility index (Phi) is 3.33. The normalized spacial score (nSPS) is 10.2. The third kappa shape index (κ3) is 2.47. The number of carbonyl (C=O) groups excluding carboxylic acids is 1. The summed E-state index contributed by atoms with van der Waals surface area (Å²) in [6.45, 7) is 0. The molecule has 1 aromatic heterocycles. The first kappa shape index (κ1) is 12.8. The molecular formula is C13H10FNO4. The van der Waals surface area contributed by atoms with Gasteiger partial charge in [0.25, 0.3) is 0 Å². The van der Waals surface area contributed by atoms with Gasteiger partial charge in [-0.15, -0.1) is 0 Å². The fourth-order valence-electron chi connectivity index (χ4n) is 1.62. The molecule has 0 fully saturated rings. The number of methoxy groups -OCH3 is 1. The molecule has 6 heteroatoms. The number of ether oxygens (including phenoxy) is 1. The standard InChI is InChI=1S/C13H10FNO4/c1-19-11-5-7(2-3-9(11)14)12(16)8-4-10(13(17)18)15-6-8/h2-6,15H,1H3,(H,17,18). The minimum absolute atomic E-state index is 0.0418. The predicted octanol–water partition coefficient (Wildman–Crippen LogP) is 2.09. The maximum absolute atomic E-state index is 13.2. The number of benzene rings is 1. The number of rotatable bonds is 4.